The molecule has 0 aliphatic carbocycles. The van der Waals surface area contributed by atoms with Gasteiger partial charge in [0.05, 0.1) is 0 Å². The fraction of sp³-hybridized carbons (Fsp3) is 0.333. The molecule has 0 unspecified atom stereocenters. The molecule has 0 radical (unpaired) electrons. The van der Waals surface area contributed by atoms with Crippen molar-refractivity contribution in [3.63, 3.8) is 0 Å². The SMILES string of the molecule is CC1(C)Oc2c(ccc3ccccc23)[C@@H]2O[C@H]21. The van der Waals surface area contributed by atoms with Crippen molar-refractivity contribution in [1.82, 2.24) is 0 Å². The first kappa shape index (κ1) is 9.49. The molecule has 2 heterocycles. The van der Waals surface area contributed by atoms with E-state index in [1.807, 2.05) is 0 Å². The first-order valence-electron chi connectivity index (χ1n) is 6.03. The number of benzene rings is 2. The molecule has 0 N–H and O–H groups in total. The normalized spacial score (nSPS) is 28.1. The highest BCUT2D eigenvalue weighted by Gasteiger charge is 2.56. The van der Waals surface area contributed by atoms with Crippen LogP contribution in [0.1, 0.15) is 25.5 Å². The molecule has 17 heavy (non-hydrogen) atoms. The quantitative estimate of drug-likeness (QED) is 0.642. The third-order valence-corrected chi connectivity index (χ3v) is 3.76. The van der Waals surface area contributed by atoms with Crippen molar-refractivity contribution in [1.29, 1.82) is 0 Å². The lowest BCUT2D eigenvalue weighted by molar-refractivity contribution is 0.0743. The van der Waals surface area contributed by atoms with E-state index in [1.54, 1.807) is 0 Å². The number of hydrogen-bond acceptors (Lipinski definition) is 2. The van der Waals surface area contributed by atoms with E-state index in [-0.39, 0.29) is 17.8 Å². The summed E-state index contributed by atoms with van der Waals surface area (Å²) in [5.41, 5.74) is 0.981. The summed E-state index contributed by atoms with van der Waals surface area (Å²) >= 11 is 0. The van der Waals surface area contributed by atoms with Crippen LogP contribution >= 0.6 is 0 Å². The van der Waals surface area contributed by atoms with Crippen LogP contribution in [0.2, 0.25) is 0 Å². The van der Waals surface area contributed by atoms with Gasteiger partial charge in [0.15, 0.2) is 0 Å². The van der Waals surface area contributed by atoms with Gasteiger partial charge in [0.2, 0.25) is 0 Å². The van der Waals surface area contributed by atoms with Gasteiger partial charge in [-0.2, -0.15) is 0 Å². The van der Waals surface area contributed by atoms with Crippen molar-refractivity contribution in [3.05, 3.63) is 42.0 Å². The number of fused-ring (bicyclic) bond motifs is 5. The molecule has 2 aliphatic heterocycles. The topological polar surface area (TPSA) is 21.8 Å². The fourth-order valence-electron chi connectivity index (χ4n) is 2.80. The predicted octanol–water partition coefficient (Wildman–Crippen LogP) is 3.45. The molecule has 0 spiro atoms. The monoisotopic (exact) mass is 226 g/mol. The van der Waals surface area contributed by atoms with Gasteiger partial charge in [-0.25, -0.2) is 0 Å². The van der Waals surface area contributed by atoms with Gasteiger partial charge in [0, 0.05) is 10.9 Å². The van der Waals surface area contributed by atoms with Gasteiger partial charge >= 0.3 is 0 Å². The smallest absolute Gasteiger partial charge is 0.133 e. The molecule has 2 aromatic rings. The Balaban J connectivity index is 2.02. The molecule has 0 saturated carbocycles. The van der Waals surface area contributed by atoms with E-state index >= 15 is 0 Å². The molecule has 4 rings (SSSR count). The maximum absolute atomic E-state index is 6.16. The average molecular weight is 226 g/mol. The van der Waals surface area contributed by atoms with Gasteiger partial charge in [-0.15, -0.1) is 0 Å². The third kappa shape index (κ3) is 1.19. The van der Waals surface area contributed by atoms with Crippen molar-refractivity contribution in [2.75, 3.05) is 0 Å². The molecule has 2 atom stereocenters. The summed E-state index contributed by atoms with van der Waals surface area (Å²) < 4.78 is 11.9. The van der Waals surface area contributed by atoms with Crippen molar-refractivity contribution < 1.29 is 9.47 Å². The Morgan fingerprint density at radius 1 is 1.06 bits per heavy atom. The molecule has 2 aromatic carbocycles. The highest BCUT2D eigenvalue weighted by Crippen LogP contribution is 2.55. The van der Waals surface area contributed by atoms with Gasteiger partial charge in [0.25, 0.3) is 0 Å². The highest BCUT2D eigenvalue weighted by atomic mass is 16.6. The second-order valence-corrected chi connectivity index (χ2v) is 5.39. The Labute approximate surface area is 100 Å². The number of epoxide rings is 1. The van der Waals surface area contributed by atoms with Crippen LogP contribution in [0, 0.1) is 0 Å². The zero-order valence-electron chi connectivity index (χ0n) is 9.94. The third-order valence-electron chi connectivity index (χ3n) is 3.76. The van der Waals surface area contributed by atoms with Crippen LogP contribution in [-0.2, 0) is 4.74 Å². The van der Waals surface area contributed by atoms with E-state index in [1.165, 1.54) is 16.3 Å². The lowest BCUT2D eigenvalue weighted by atomic mass is 9.92. The van der Waals surface area contributed by atoms with Crippen LogP contribution in [-0.4, -0.2) is 11.7 Å². The van der Waals surface area contributed by atoms with Crippen LogP contribution < -0.4 is 4.74 Å². The second kappa shape index (κ2) is 2.82. The Kier molecular flexibility index (Phi) is 1.58. The minimum absolute atomic E-state index is 0.219. The van der Waals surface area contributed by atoms with Crippen molar-refractivity contribution in [2.24, 2.45) is 0 Å². The summed E-state index contributed by atoms with van der Waals surface area (Å²) in [5.74, 6) is 1.01. The molecule has 1 fully saturated rings. The van der Waals surface area contributed by atoms with Gasteiger partial charge < -0.3 is 9.47 Å². The molecule has 1 saturated heterocycles. The Morgan fingerprint density at radius 2 is 1.88 bits per heavy atom. The van der Waals surface area contributed by atoms with Gasteiger partial charge in [-0.1, -0.05) is 36.4 Å². The summed E-state index contributed by atoms with van der Waals surface area (Å²) in [5, 5.41) is 2.41. The molecule has 2 heteroatoms. The van der Waals surface area contributed by atoms with Crippen LogP contribution in [0.5, 0.6) is 5.75 Å². The molecule has 0 aromatic heterocycles. The summed E-state index contributed by atoms with van der Waals surface area (Å²) in [7, 11) is 0. The molecule has 0 bridgehead atoms. The predicted molar refractivity (Wildman–Crippen MR) is 66.3 cm³/mol. The maximum Gasteiger partial charge on any atom is 0.133 e. The molecule has 2 nitrogen and oxygen atoms in total. The zero-order valence-corrected chi connectivity index (χ0v) is 9.94. The fourth-order valence-corrected chi connectivity index (χ4v) is 2.80. The summed E-state index contributed by atoms with van der Waals surface area (Å²) in [6.45, 7) is 4.20. The van der Waals surface area contributed by atoms with Gasteiger partial charge in [-0.3, -0.25) is 0 Å². The van der Waals surface area contributed by atoms with E-state index in [0.29, 0.717) is 0 Å². The van der Waals surface area contributed by atoms with Crippen molar-refractivity contribution in [2.45, 2.75) is 31.7 Å². The van der Waals surface area contributed by atoms with Crippen LogP contribution in [0.15, 0.2) is 36.4 Å². The Morgan fingerprint density at radius 3 is 2.76 bits per heavy atom. The maximum atomic E-state index is 6.16. The molecule has 2 aliphatic rings. The summed E-state index contributed by atoms with van der Waals surface area (Å²) in [6.07, 6.45) is 0.453. The number of rotatable bonds is 0. The molecular formula is C15H14O2. The van der Waals surface area contributed by atoms with Crippen LogP contribution in [0.3, 0.4) is 0 Å². The Hall–Kier alpha value is -1.54. The lowest BCUT2D eigenvalue weighted by Crippen LogP contribution is -2.37. The van der Waals surface area contributed by atoms with Gasteiger partial charge in [0.1, 0.15) is 23.6 Å². The standard InChI is InChI=1S/C15H14O2/c1-15(2)14-13(16-14)11-8-7-9-5-3-4-6-10(9)12(11)17-15/h3-8,13-14H,1-2H3/t13-,14+/m0/s1. The number of ether oxygens (including phenoxy) is 2. The van der Waals surface area contributed by atoms with Crippen LogP contribution in [0.4, 0.5) is 0 Å². The van der Waals surface area contributed by atoms with Crippen LogP contribution in [0.25, 0.3) is 10.8 Å². The largest absolute Gasteiger partial charge is 0.484 e. The first-order valence-corrected chi connectivity index (χ1v) is 6.03. The van der Waals surface area contributed by atoms with Gasteiger partial charge in [-0.05, 0) is 19.2 Å². The van der Waals surface area contributed by atoms with Crippen molar-refractivity contribution >= 4 is 10.8 Å². The van der Waals surface area contributed by atoms with E-state index in [0.717, 1.165) is 5.75 Å². The Bertz CT molecular complexity index is 615. The van der Waals surface area contributed by atoms with E-state index in [2.05, 4.69) is 50.2 Å². The van der Waals surface area contributed by atoms with E-state index in [4.69, 9.17) is 9.47 Å². The van der Waals surface area contributed by atoms with E-state index < -0.39 is 0 Å². The summed E-state index contributed by atoms with van der Waals surface area (Å²) in [4.78, 5) is 0. The summed E-state index contributed by atoms with van der Waals surface area (Å²) in [6, 6.07) is 12.6. The minimum Gasteiger partial charge on any atom is -0.484 e. The lowest BCUT2D eigenvalue weighted by Gasteiger charge is -2.30. The molecule has 86 valence electrons. The van der Waals surface area contributed by atoms with Crippen molar-refractivity contribution in [3.8, 4) is 5.75 Å². The van der Waals surface area contributed by atoms with E-state index in [9.17, 15) is 0 Å². The minimum atomic E-state index is -0.220. The first-order chi connectivity index (χ1) is 8.17. The molecular weight excluding hydrogens is 212 g/mol. The zero-order chi connectivity index (χ0) is 11.6. The average Bonchev–Trinajstić information content (AvgIpc) is 3.10. The molecule has 0 amide bonds. The highest BCUT2D eigenvalue weighted by molar-refractivity contribution is 5.90. The number of hydrogen-bond donors (Lipinski definition) is 0. The second-order valence-electron chi connectivity index (χ2n) is 5.39.